The Bertz CT molecular complexity index is 360. The topological polar surface area (TPSA) is 12.0 Å². The van der Waals surface area contributed by atoms with E-state index in [1.165, 1.54) is 6.07 Å². The second kappa shape index (κ2) is 7.15. The van der Waals surface area contributed by atoms with Gasteiger partial charge < -0.3 is 5.32 Å². The van der Waals surface area contributed by atoms with E-state index in [1.54, 1.807) is 12.1 Å². The minimum Gasteiger partial charge on any atom is -0.311 e. The predicted molar refractivity (Wildman–Crippen MR) is 79.9 cm³/mol. The Hall–Kier alpha value is -0.540. The van der Waals surface area contributed by atoms with Gasteiger partial charge in [0.25, 0.3) is 0 Å². The average molecular weight is 269 g/mol. The van der Waals surface area contributed by atoms with Gasteiger partial charge in [-0.1, -0.05) is 12.1 Å². The molecular formula is C15H24FNS. The first-order valence-corrected chi connectivity index (χ1v) is 7.81. The number of hydrogen-bond donors (Lipinski definition) is 1. The van der Waals surface area contributed by atoms with E-state index in [1.807, 2.05) is 17.8 Å². The second-order valence-corrected chi connectivity index (χ2v) is 6.65. The highest BCUT2D eigenvalue weighted by atomic mass is 32.2. The maximum Gasteiger partial charge on any atom is 0.123 e. The third kappa shape index (κ3) is 5.87. The molecule has 0 radical (unpaired) electrons. The molecule has 1 atom stereocenters. The summed E-state index contributed by atoms with van der Waals surface area (Å²) in [5, 5.41) is 3.52. The number of halogens is 1. The normalized spacial score (nSPS) is 13.6. The van der Waals surface area contributed by atoms with Gasteiger partial charge in [-0.2, -0.15) is 11.8 Å². The molecule has 1 nitrogen and oxygen atoms in total. The molecule has 0 fully saturated rings. The first-order chi connectivity index (χ1) is 8.42. The number of benzene rings is 1. The Morgan fingerprint density at radius 1 is 1.33 bits per heavy atom. The van der Waals surface area contributed by atoms with Crippen LogP contribution in [0.25, 0.3) is 0 Å². The van der Waals surface area contributed by atoms with Crippen molar-refractivity contribution < 1.29 is 4.39 Å². The first kappa shape index (κ1) is 15.5. The molecule has 1 aromatic rings. The van der Waals surface area contributed by atoms with Crippen LogP contribution < -0.4 is 5.32 Å². The quantitative estimate of drug-likeness (QED) is 0.836. The minimum absolute atomic E-state index is 0.102. The molecular weight excluding hydrogens is 245 g/mol. The molecule has 18 heavy (non-hydrogen) atoms. The van der Waals surface area contributed by atoms with Crippen LogP contribution in [0.5, 0.6) is 0 Å². The van der Waals surface area contributed by atoms with Crippen LogP contribution in [0.1, 0.15) is 38.7 Å². The number of nitrogens with one attached hydrogen (secondary N) is 1. The zero-order valence-corrected chi connectivity index (χ0v) is 12.6. The summed E-state index contributed by atoms with van der Waals surface area (Å²) in [6, 6.07) is 6.99. The summed E-state index contributed by atoms with van der Waals surface area (Å²) in [6.45, 7) is 7.37. The van der Waals surface area contributed by atoms with Crippen LogP contribution in [0.3, 0.4) is 0 Å². The van der Waals surface area contributed by atoms with Crippen molar-refractivity contribution in [1.82, 2.24) is 5.32 Å². The van der Waals surface area contributed by atoms with Crippen molar-refractivity contribution >= 4 is 11.8 Å². The Morgan fingerprint density at radius 2 is 2.06 bits per heavy atom. The molecule has 0 aliphatic heterocycles. The van der Waals surface area contributed by atoms with Crippen LogP contribution >= 0.6 is 11.8 Å². The maximum atomic E-state index is 13.3. The standard InChI is InChI=1S/C15H24FNS/c1-15(2,3)17-11-13(8-9-18-4)12-6-5-7-14(16)10-12/h5-7,10,13,17H,8-9,11H2,1-4H3. The zero-order valence-electron chi connectivity index (χ0n) is 11.8. The lowest BCUT2D eigenvalue weighted by molar-refractivity contribution is 0.403. The highest BCUT2D eigenvalue weighted by molar-refractivity contribution is 7.98. The van der Waals surface area contributed by atoms with Crippen molar-refractivity contribution in [1.29, 1.82) is 0 Å². The van der Waals surface area contributed by atoms with Crippen molar-refractivity contribution in [3.63, 3.8) is 0 Å². The molecule has 3 heteroatoms. The molecule has 0 aromatic heterocycles. The Morgan fingerprint density at radius 3 is 2.61 bits per heavy atom. The van der Waals surface area contributed by atoms with E-state index in [0.29, 0.717) is 5.92 Å². The van der Waals surface area contributed by atoms with Gasteiger partial charge >= 0.3 is 0 Å². The molecule has 0 heterocycles. The highest BCUT2D eigenvalue weighted by Gasteiger charge is 2.16. The molecule has 0 amide bonds. The second-order valence-electron chi connectivity index (χ2n) is 5.66. The first-order valence-electron chi connectivity index (χ1n) is 6.42. The number of hydrogen-bond acceptors (Lipinski definition) is 2. The summed E-state index contributed by atoms with van der Waals surface area (Å²) < 4.78 is 13.3. The molecule has 1 N–H and O–H groups in total. The molecule has 0 spiro atoms. The lowest BCUT2D eigenvalue weighted by Gasteiger charge is -2.25. The van der Waals surface area contributed by atoms with Crippen LogP contribution in [0.4, 0.5) is 4.39 Å². The van der Waals surface area contributed by atoms with Gasteiger partial charge in [0.2, 0.25) is 0 Å². The van der Waals surface area contributed by atoms with E-state index in [-0.39, 0.29) is 11.4 Å². The molecule has 1 aromatic carbocycles. The average Bonchev–Trinajstić information content (AvgIpc) is 2.28. The fourth-order valence-electron chi connectivity index (χ4n) is 1.84. The summed E-state index contributed by atoms with van der Waals surface area (Å²) in [5.74, 6) is 1.34. The molecule has 1 unspecified atom stereocenters. The van der Waals surface area contributed by atoms with Crippen LogP contribution in [0.2, 0.25) is 0 Å². The van der Waals surface area contributed by atoms with Crippen LogP contribution in [0.15, 0.2) is 24.3 Å². The third-order valence-corrected chi connectivity index (χ3v) is 3.51. The number of rotatable bonds is 6. The monoisotopic (exact) mass is 269 g/mol. The minimum atomic E-state index is -0.141. The van der Waals surface area contributed by atoms with E-state index in [4.69, 9.17) is 0 Å². The van der Waals surface area contributed by atoms with E-state index in [0.717, 1.165) is 24.3 Å². The highest BCUT2D eigenvalue weighted by Crippen LogP contribution is 2.22. The van der Waals surface area contributed by atoms with Gasteiger partial charge in [-0.3, -0.25) is 0 Å². The summed E-state index contributed by atoms with van der Waals surface area (Å²) in [6.07, 6.45) is 3.19. The lowest BCUT2D eigenvalue weighted by atomic mass is 9.95. The van der Waals surface area contributed by atoms with E-state index in [9.17, 15) is 4.39 Å². The van der Waals surface area contributed by atoms with Crippen molar-refractivity contribution in [3.05, 3.63) is 35.6 Å². The van der Waals surface area contributed by atoms with E-state index >= 15 is 0 Å². The fourth-order valence-corrected chi connectivity index (χ4v) is 2.36. The van der Waals surface area contributed by atoms with Crippen LogP contribution in [-0.2, 0) is 0 Å². The van der Waals surface area contributed by atoms with Gasteiger partial charge in [-0.25, -0.2) is 4.39 Å². The smallest absolute Gasteiger partial charge is 0.123 e. The molecule has 102 valence electrons. The summed E-state index contributed by atoms with van der Waals surface area (Å²) >= 11 is 1.84. The van der Waals surface area contributed by atoms with Gasteiger partial charge in [0.15, 0.2) is 0 Å². The van der Waals surface area contributed by atoms with Crippen molar-refractivity contribution in [3.8, 4) is 0 Å². The Kier molecular flexibility index (Phi) is 6.16. The van der Waals surface area contributed by atoms with E-state index in [2.05, 4.69) is 32.3 Å². The summed E-state index contributed by atoms with van der Waals surface area (Å²) in [4.78, 5) is 0. The predicted octanol–water partition coefficient (Wildman–Crippen LogP) is 4.05. The lowest BCUT2D eigenvalue weighted by Crippen LogP contribution is -2.38. The molecule has 0 bridgehead atoms. The van der Waals surface area contributed by atoms with E-state index < -0.39 is 0 Å². The SMILES string of the molecule is CSCCC(CNC(C)(C)C)c1cccc(F)c1. The van der Waals surface area contributed by atoms with Gasteiger partial charge in [-0.15, -0.1) is 0 Å². The summed E-state index contributed by atoms with van der Waals surface area (Å²) in [5.41, 5.74) is 1.20. The molecule has 0 aliphatic rings. The van der Waals surface area contributed by atoms with Gasteiger partial charge in [0.05, 0.1) is 0 Å². The summed E-state index contributed by atoms with van der Waals surface area (Å²) in [7, 11) is 0. The van der Waals surface area contributed by atoms with Gasteiger partial charge in [0, 0.05) is 12.1 Å². The van der Waals surface area contributed by atoms with Crippen LogP contribution in [-0.4, -0.2) is 24.1 Å². The molecule has 0 saturated carbocycles. The Labute approximate surface area is 115 Å². The van der Waals surface area contributed by atoms with Gasteiger partial charge in [-0.05, 0) is 62.8 Å². The maximum absolute atomic E-state index is 13.3. The third-order valence-electron chi connectivity index (χ3n) is 2.87. The van der Waals surface area contributed by atoms with Crippen LogP contribution in [0, 0.1) is 5.82 Å². The zero-order chi connectivity index (χ0) is 13.6. The molecule has 1 rings (SSSR count). The Balaban J connectivity index is 2.71. The van der Waals surface area contributed by atoms with Crippen molar-refractivity contribution in [2.75, 3.05) is 18.6 Å². The van der Waals surface area contributed by atoms with Gasteiger partial charge in [0.1, 0.15) is 5.82 Å². The largest absolute Gasteiger partial charge is 0.311 e. The fraction of sp³-hybridized carbons (Fsp3) is 0.600. The molecule has 0 saturated heterocycles. The van der Waals surface area contributed by atoms with Crippen molar-refractivity contribution in [2.24, 2.45) is 0 Å². The number of thioether (sulfide) groups is 1. The molecule has 0 aliphatic carbocycles. The van der Waals surface area contributed by atoms with Crippen molar-refractivity contribution in [2.45, 2.75) is 38.6 Å².